The molecule has 18 heavy (non-hydrogen) atoms. The van der Waals surface area contributed by atoms with Crippen LogP contribution in [-0.4, -0.2) is 40.7 Å². The molecular weight excluding hydrogens is 278 g/mol. The molecule has 0 spiro atoms. The number of methoxy groups -OCH3 is 1. The maximum Gasteiger partial charge on any atom is 0.242 e. The molecular formula is C10H16ClN3O3S. The number of rotatable bonds is 7. The van der Waals surface area contributed by atoms with Crippen LogP contribution in [0.3, 0.4) is 0 Å². The Labute approximate surface area is 112 Å². The number of nitrogens with zero attached hydrogens (tertiary/aromatic N) is 1. The summed E-state index contributed by atoms with van der Waals surface area (Å²) >= 11 is 5.88. The third-order valence-corrected chi connectivity index (χ3v) is 3.90. The van der Waals surface area contributed by atoms with Gasteiger partial charge in [0.05, 0.1) is 5.02 Å². The lowest BCUT2D eigenvalue weighted by molar-refractivity contribution is 0.196. The minimum Gasteiger partial charge on any atom is -0.385 e. The van der Waals surface area contributed by atoms with Gasteiger partial charge in [-0.3, -0.25) is 0 Å². The van der Waals surface area contributed by atoms with Crippen LogP contribution in [0.25, 0.3) is 0 Å². The zero-order valence-electron chi connectivity index (χ0n) is 10.2. The van der Waals surface area contributed by atoms with Crippen molar-refractivity contribution in [3.63, 3.8) is 0 Å². The van der Waals surface area contributed by atoms with E-state index in [4.69, 9.17) is 16.3 Å². The highest BCUT2D eigenvalue weighted by molar-refractivity contribution is 7.89. The van der Waals surface area contributed by atoms with Crippen molar-refractivity contribution in [1.82, 2.24) is 9.71 Å². The third kappa shape index (κ3) is 4.09. The van der Waals surface area contributed by atoms with Crippen LogP contribution in [0.4, 0.5) is 5.82 Å². The molecule has 0 amide bonds. The molecule has 1 aromatic heterocycles. The highest BCUT2D eigenvalue weighted by Crippen LogP contribution is 2.21. The summed E-state index contributed by atoms with van der Waals surface area (Å²) in [5, 5.41) is 3.02. The van der Waals surface area contributed by atoms with E-state index in [9.17, 15) is 8.42 Å². The number of hydrogen-bond donors (Lipinski definition) is 2. The fraction of sp³-hybridized carbons (Fsp3) is 0.500. The van der Waals surface area contributed by atoms with E-state index < -0.39 is 10.0 Å². The van der Waals surface area contributed by atoms with Gasteiger partial charge in [0, 0.05) is 33.5 Å². The van der Waals surface area contributed by atoms with E-state index in [1.165, 1.54) is 12.3 Å². The van der Waals surface area contributed by atoms with Crippen LogP contribution in [0.5, 0.6) is 0 Å². The number of aromatic nitrogens is 1. The molecule has 0 saturated heterocycles. The second-order valence-electron chi connectivity index (χ2n) is 3.50. The van der Waals surface area contributed by atoms with Crippen molar-refractivity contribution in [2.45, 2.75) is 11.3 Å². The molecule has 0 bridgehead atoms. The quantitative estimate of drug-likeness (QED) is 0.736. The first kappa shape index (κ1) is 15.2. The molecule has 102 valence electrons. The van der Waals surface area contributed by atoms with E-state index in [2.05, 4.69) is 15.0 Å². The molecule has 0 saturated carbocycles. The van der Waals surface area contributed by atoms with Crippen molar-refractivity contribution >= 4 is 27.4 Å². The summed E-state index contributed by atoms with van der Waals surface area (Å²) in [6, 6.07) is 1.36. The largest absolute Gasteiger partial charge is 0.385 e. The Hall–Kier alpha value is -0.890. The van der Waals surface area contributed by atoms with Crippen molar-refractivity contribution in [2.24, 2.45) is 0 Å². The fourth-order valence-corrected chi connectivity index (χ4v) is 2.63. The maximum absolute atomic E-state index is 11.9. The first-order valence-electron chi connectivity index (χ1n) is 5.33. The molecule has 2 N–H and O–H groups in total. The zero-order valence-corrected chi connectivity index (χ0v) is 11.8. The minimum atomic E-state index is -3.57. The van der Waals surface area contributed by atoms with E-state index in [1.54, 1.807) is 14.2 Å². The number of hydrogen-bond acceptors (Lipinski definition) is 5. The molecule has 8 heteroatoms. The molecule has 1 rings (SSSR count). The Kier molecular flexibility index (Phi) is 5.80. The Morgan fingerprint density at radius 3 is 2.78 bits per heavy atom. The maximum atomic E-state index is 11.9. The number of sulfonamides is 1. The molecule has 0 atom stereocenters. The monoisotopic (exact) mass is 293 g/mol. The number of halogens is 1. The summed E-state index contributed by atoms with van der Waals surface area (Å²) in [5.74, 6) is 0.440. The molecule has 0 aliphatic rings. The van der Waals surface area contributed by atoms with E-state index in [0.717, 1.165) is 0 Å². The molecule has 0 aliphatic heterocycles. The predicted octanol–water partition coefficient (Wildman–Crippen LogP) is 1.09. The van der Waals surface area contributed by atoms with Crippen LogP contribution in [0.2, 0.25) is 5.02 Å². The first-order valence-corrected chi connectivity index (χ1v) is 7.19. The van der Waals surface area contributed by atoms with Crippen molar-refractivity contribution < 1.29 is 13.2 Å². The van der Waals surface area contributed by atoms with Crippen molar-refractivity contribution in [1.29, 1.82) is 0 Å². The Balaban J connectivity index is 2.76. The van der Waals surface area contributed by atoms with Crippen molar-refractivity contribution in [2.75, 3.05) is 32.6 Å². The zero-order chi connectivity index (χ0) is 13.6. The van der Waals surface area contributed by atoms with Crippen LogP contribution in [-0.2, 0) is 14.8 Å². The Morgan fingerprint density at radius 2 is 2.22 bits per heavy atom. The molecule has 0 unspecified atom stereocenters. The smallest absolute Gasteiger partial charge is 0.242 e. The number of anilines is 1. The van der Waals surface area contributed by atoms with E-state index in [-0.39, 0.29) is 9.92 Å². The second kappa shape index (κ2) is 6.89. The lowest BCUT2D eigenvalue weighted by atomic mass is 10.4. The van der Waals surface area contributed by atoms with Crippen LogP contribution < -0.4 is 10.0 Å². The number of ether oxygens (including phenoxy) is 1. The van der Waals surface area contributed by atoms with Gasteiger partial charge in [-0.1, -0.05) is 11.6 Å². The van der Waals surface area contributed by atoms with E-state index >= 15 is 0 Å². The fourth-order valence-electron chi connectivity index (χ4n) is 1.26. The van der Waals surface area contributed by atoms with Crippen LogP contribution >= 0.6 is 11.6 Å². The van der Waals surface area contributed by atoms with E-state index in [1.807, 2.05) is 0 Å². The van der Waals surface area contributed by atoms with Gasteiger partial charge in [0.15, 0.2) is 0 Å². The summed E-state index contributed by atoms with van der Waals surface area (Å²) in [6.07, 6.45) is 1.86. The summed E-state index contributed by atoms with van der Waals surface area (Å²) in [5.41, 5.74) is 0. The topological polar surface area (TPSA) is 80.3 Å². The average molecular weight is 294 g/mol. The Bertz CT molecular complexity index is 493. The first-order chi connectivity index (χ1) is 8.51. The molecule has 1 heterocycles. The average Bonchev–Trinajstić information content (AvgIpc) is 2.34. The van der Waals surface area contributed by atoms with Gasteiger partial charge in [0.2, 0.25) is 10.0 Å². The summed E-state index contributed by atoms with van der Waals surface area (Å²) < 4.78 is 31.0. The summed E-state index contributed by atoms with van der Waals surface area (Å²) in [4.78, 5) is 3.97. The standard InChI is InChI=1S/C10H16ClN3O3S/c1-12-10-9(11)6-8(7-13-10)18(15,16)14-4-3-5-17-2/h6-7,14H,3-5H2,1-2H3,(H,12,13). The highest BCUT2D eigenvalue weighted by atomic mass is 35.5. The lowest BCUT2D eigenvalue weighted by Gasteiger charge is -2.08. The molecule has 0 radical (unpaired) electrons. The van der Waals surface area contributed by atoms with Gasteiger partial charge in [0.25, 0.3) is 0 Å². The molecule has 0 aliphatic carbocycles. The van der Waals surface area contributed by atoms with Crippen LogP contribution in [0.15, 0.2) is 17.2 Å². The number of nitrogens with one attached hydrogen (secondary N) is 2. The molecule has 1 aromatic rings. The van der Waals surface area contributed by atoms with Gasteiger partial charge in [-0.25, -0.2) is 18.1 Å². The predicted molar refractivity (Wildman–Crippen MR) is 70.5 cm³/mol. The van der Waals surface area contributed by atoms with Crippen LogP contribution in [0.1, 0.15) is 6.42 Å². The van der Waals surface area contributed by atoms with Gasteiger partial charge in [0.1, 0.15) is 10.7 Å². The minimum absolute atomic E-state index is 0.0453. The molecule has 0 aromatic carbocycles. The van der Waals surface area contributed by atoms with Gasteiger partial charge < -0.3 is 10.1 Å². The van der Waals surface area contributed by atoms with Gasteiger partial charge in [-0.15, -0.1) is 0 Å². The van der Waals surface area contributed by atoms with Gasteiger partial charge in [-0.2, -0.15) is 0 Å². The van der Waals surface area contributed by atoms with Gasteiger partial charge >= 0.3 is 0 Å². The van der Waals surface area contributed by atoms with Crippen molar-refractivity contribution in [3.05, 3.63) is 17.3 Å². The second-order valence-corrected chi connectivity index (χ2v) is 5.67. The molecule has 0 fully saturated rings. The third-order valence-electron chi connectivity index (χ3n) is 2.18. The lowest BCUT2D eigenvalue weighted by Crippen LogP contribution is -2.25. The SMILES string of the molecule is CNc1ncc(S(=O)(=O)NCCCOC)cc1Cl. The Morgan fingerprint density at radius 1 is 1.50 bits per heavy atom. The number of pyridine rings is 1. The highest BCUT2D eigenvalue weighted by Gasteiger charge is 2.15. The molecule has 6 nitrogen and oxygen atoms in total. The van der Waals surface area contributed by atoms with Gasteiger partial charge in [-0.05, 0) is 12.5 Å². The van der Waals surface area contributed by atoms with Crippen molar-refractivity contribution in [3.8, 4) is 0 Å². The van der Waals surface area contributed by atoms with Crippen LogP contribution in [0, 0.1) is 0 Å². The summed E-state index contributed by atoms with van der Waals surface area (Å²) in [6.45, 7) is 0.807. The van der Waals surface area contributed by atoms with E-state index in [0.29, 0.717) is 25.4 Å². The summed E-state index contributed by atoms with van der Waals surface area (Å²) in [7, 11) is -0.346. The normalized spacial score (nSPS) is 11.5.